The van der Waals surface area contributed by atoms with Crippen LogP contribution in [0.3, 0.4) is 0 Å². The van der Waals surface area contributed by atoms with Crippen molar-refractivity contribution in [3.05, 3.63) is 46.1 Å². The van der Waals surface area contributed by atoms with Gasteiger partial charge in [0.05, 0.1) is 27.8 Å². The van der Waals surface area contributed by atoms with Crippen LogP contribution in [0.2, 0.25) is 0 Å². The number of rotatable bonds is 6. The molecule has 0 amide bonds. The molecule has 1 aromatic heterocycles. The van der Waals surface area contributed by atoms with Crippen LogP contribution in [0.5, 0.6) is 5.75 Å². The third-order valence-electron chi connectivity index (χ3n) is 3.62. The van der Waals surface area contributed by atoms with Crippen LogP contribution in [0.1, 0.15) is 17.3 Å². The van der Waals surface area contributed by atoms with Crippen LogP contribution in [-0.4, -0.2) is 35.1 Å². The Kier molecular flexibility index (Phi) is 4.96. The molecule has 0 spiro atoms. The van der Waals surface area contributed by atoms with Crippen molar-refractivity contribution in [2.24, 2.45) is 0 Å². The minimum atomic E-state index is -1.11. The van der Waals surface area contributed by atoms with Crippen molar-refractivity contribution >= 4 is 39.7 Å². The summed E-state index contributed by atoms with van der Waals surface area (Å²) in [5.74, 6) is 0.125. The van der Waals surface area contributed by atoms with Crippen LogP contribution < -0.4 is 10.2 Å². The summed E-state index contributed by atoms with van der Waals surface area (Å²) >= 11 is 1.51. The lowest BCUT2D eigenvalue weighted by Crippen LogP contribution is -2.07. The Hall–Kier alpha value is -2.51. The molecule has 130 valence electrons. The Balaban J connectivity index is 2.31. The smallest absolute Gasteiger partial charge is 0.335 e. The normalized spacial score (nSPS) is 11.1. The van der Waals surface area contributed by atoms with Crippen molar-refractivity contribution < 1.29 is 24.2 Å². The Labute approximate surface area is 147 Å². The highest BCUT2D eigenvalue weighted by atomic mass is 32.2. The minimum Gasteiger partial charge on any atom is -0.491 e. The number of carbonyl (C=O) groups is 1. The summed E-state index contributed by atoms with van der Waals surface area (Å²) in [6.07, 6.45) is 0. The quantitative estimate of drug-likeness (QED) is 0.515. The number of carboxylic acid groups (broad SMARTS) is 1. The molecule has 0 aliphatic carbocycles. The molecular weight excluding hydrogens is 344 g/mol. The highest BCUT2D eigenvalue weighted by Gasteiger charge is 2.15. The summed E-state index contributed by atoms with van der Waals surface area (Å²) in [5, 5.41) is 18.6. The number of benzene rings is 2. The van der Waals surface area contributed by atoms with Gasteiger partial charge in [-0.25, -0.2) is 4.79 Å². The first-order valence-electron chi connectivity index (χ1n) is 7.69. The number of carboxylic acids is 1. The number of aliphatic hydroxyl groups excluding tert-OH is 1. The number of thioether (sulfide) groups is 1. The maximum Gasteiger partial charge on any atom is 0.335 e. The van der Waals surface area contributed by atoms with Crippen molar-refractivity contribution in [2.75, 3.05) is 19.0 Å². The number of ether oxygens (including phenoxy) is 1. The molecule has 0 saturated carbocycles. The van der Waals surface area contributed by atoms with Crippen molar-refractivity contribution in [3.63, 3.8) is 0 Å². The van der Waals surface area contributed by atoms with Crippen molar-refractivity contribution in [3.8, 4) is 5.75 Å². The molecular formula is C18H16O6S. The summed E-state index contributed by atoms with van der Waals surface area (Å²) in [7, 11) is 0. The number of hydrogen-bond donors (Lipinski definition) is 2. The van der Waals surface area contributed by atoms with E-state index < -0.39 is 5.97 Å². The molecule has 1 heterocycles. The van der Waals surface area contributed by atoms with Gasteiger partial charge in [0.25, 0.3) is 0 Å². The maximum absolute atomic E-state index is 12.9. The second-order valence-corrected chi connectivity index (χ2v) is 6.56. The number of aromatic carboxylic acids is 1. The third kappa shape index (κ3) is 3.33. The molecule has 0 atom stereocenters. The van der Waals surface area contributed by atoms with Crippen molar-refractivity contribution in [1.82, 2.24) is 0 Å². The van der Waals surface area contributed by atoms with Crippen LogP contribution in [0.4, 0.5) is 0 Å². The van der Waals surface area contributed by atoms with Gasteiger partial charge in [-0.3, -0.25) is 4.79 Å². The van der Waals surface area contributed by atoms with E-state index >= 15 is 0 Å². The highest BCUT2D eigenvalue weighted by Crippen LogP contribution is 2.33. The van der Waals surface area contributed by atoms with Crippen molar-refractivity contribution in [2.45, 2.75) is 11.8 Å². The van der Waals surface area contributed by atoms with E-state index in [0.717, 1.165) is 10.6 Å². The predicted octanol–water partition coefficient (Wildman–Crippen LogP) is 3.13. The van der Waals surface area contributed by atoms with E-state index in [-0.39, 0.29) is 29.6 Å². The van der Waals surface area contributed by atoms with Crippen LogP contribution in [0.25, 0.3) is 21.9 Å². The number of fused-ring (bicyclic) bond motifs is 2. The fraction of sp³-hybridized carbons (Fsp3) is 0.222. The monoisotopic (exact) mass is 360 g/mol. The SMILES string of the molecule is CCSc1cc(OCCO)cc2c(=O)c3cc(C(=O)O)ccc3oc12. The second kappa shape index (κ2) is 7.16. The predicted molar refractivity (Wildman–Crippen MR) is 95.9 cm³/mol. The van der Waals surface area contributed by atoms with E-state index in [1.807, 2.05) is 6.92 Å². The molecule has 2 aromatic carbocycles. The maximum atomic E-state index is 12.9. The first-order valence-corrected chi connectivity index (χ1v) is 8.68. The zero-order chi connectivity index (χ0) is 18.0. The fourth-order valence-corrected chi connectivity index (χ4v) is 3.34. The van der Waals surface area contributed by atoms with E-state index in [0.29, 0.717) is 22.3 Å². The molecule has 3 rings (SSSR count). The van der Waals surface area contributed by atoms with Crippen LogP contribution >= 0.6 is 11.8 Å². The zero-order valence-electron chi connectivity index (χ0n) is 13.4. The van der Waals surface area contributed by atoms with Gasteiger partial charge >= 0.3 is 5.97 Å². The van der Waals surface area contributed by atoms with Gasteiger partial charge in [0.15, 0.2) is 5.58 Å². The Bertz CT molecular complexity index is 1010. The molecule has 0 unspecified atom stereocenters. The Morgan fingerprint density at radius 1 is 1.24 bits per heavy atom. The Morgan fingerprint density at radius 3 is 2.72 bits per heavy atom. The van der Waals surface area contributed by atoms with Gasteiger partial charge in [-0.15, -0.1) is 11.8 Å². The van der Waals surface area contributed by atoms with Gasteiger partial charge in [-0.1, -0.05) is 6.92 Å². The summed E-state index contributed by atoms with van der Waals surface area (Å²) in [5.41, 5.74) is 0.495. The number of hydrogen-bond acceptors (Lipinski definition) is 6. The lowest BCUT2D eigenvalue weighted by Gasteiger charge is -2.10. The van der Waals surface area contributed by atoms with Gasteiger partial charge in [0.1, 0.15) is 17.9 Å². The van der Waals surface area contributed by atoms with E-state index in [4.69, 9.17) is 19.4 Å². The molecule has 3 aromatic rings. The fourth-order valence-electron chi connectivity index (χ4n) is 2.54. The van der Waals surface area contributed by atoms with Gasteiger partial charge in [0.2, 0.25) is 5.43 Å². The second-order valence-electron chi connectivity index (χ2n) is 5.25. The third-order valence-corrected chi connectivity index (χ3v) is 4.52. The summed E-state index contributed by atoms with van der Waals surface area (Å²) < 4.78 is 11.3. The molecule has 25 heavy (non-hydrogen) atoms. The van der Waals surface area contributed by atoms with Gasteiger partial charge in [-0.2, -0.15) is 0 Å². The summed E-state index contributed by atoms with van der Waals surface area (Å²) in [4.78, 5) is 24.8. The highest BCUT2D eigenvalue weighted by molar-refractivity contribution is 7.99. The van der Waals surface area contributed by atoms with Gasteiger partial charge in [-0.05, 0) is 36.1 Å². The average molecular weight is 360 g/mol. The van der Waals surface area contributed by atoms with Gasteiger partial charge < -0.3 is 19.4 Å². The van der Waals surface area contributed by atoms with E-state index in [9.17, 15) is 9.59 Å². The van der Waals surface area contributed by atoms with Crippen LogP contribution in [0, 0.1) is 0 Å². The largest absolute Gasteiger partial charge is 0.491 e. The molecule has 0 saturated heterocycles. The Morgan fingerprint density at radius 2 is 2.04 bits per heavy atom. The molecule has 7 heteroatoms. The molecule has 0 bridgehead atoms. The first kappa shape index (κ1) is 17.3. The first-order chi connectivity index (χ1) is 12.0. The minimum absolute atomic E-state index is 0.0231. The summed E-state index contributed by atoms with van der Waals surface area (Å²) in [6, 6.07) is 7.55. The topological polar surface area (TPSA) is 97.0 Å². The average Bonchev–Trinajstić information content (AvgIpc) is 2.61. The lowest BCUT2D eigenvalue weighted by atomic mass is 10.1. The zero-order valence-corrected chi connectivity index (χ0v) is 14.3. The van der Waals surface area contributed by atoms with Gasteiger partial charge in [0, 0.05) is 0 Å². The molecule has 0 fully saturated rings. The molecule has 6 nitrogen and oxygen atoms in total. The van der Waals surface area contributed by atoms with E-state index in [1.165, 1.54) is 30.0 Å². The lowest BCUT2D eigenvalue weighted by molar-refractivity contribution is 0.0697. The molecule has 0 aliphatic rings. The van der Waals surface area contributed by atoms with Crippen LogP contribution in [0.15, 0.2) is 44.4 Å². The molecule has 0 aliphatic heterocycles. The number of aliphatic hydroxyl groups is 1. The van der Waals surface area contributed by atoms with Crippen molar-refractivity contribution in [1.29, 1.82) is 0 Å². The summed E-state index contributed by atoms with van der Waals surface area (Å²) in [6.45, 7) is 1.96. The standard InChI is InChI=1S/C18H16O6S/c1-2-25-15-9-11(23-6-5-19)8-13-16(20)12-7-10(18(21)22)3-4-14(12)24-17(13)15/h3-4,7-9,19H,2,5-6H2,1H3,(H,21,22). The van der Waals surface area contributed by atoms with E-state index in [1.54, 1.807) is 12.1 Å². The van der Waals surface area contributed by atoms with Crippen LogP contribution in [-0.2, 0) is 0 Å². The molecule has 2 N–H and O–H groups in total. The van der Waals surface area contributed by atoms with E-state index in [2.05, 4.69) is 0 Å². The molecule has 0 radical (unpaired) electrons.